The van der Waals surface area contributed by atoms with E-state index in [1.807, 2.05) is 0 Å². The van der Waals surface area contributed by atoms with Crippen molar-refractivity contribution in [1.29, 1.82) is 0 Å². The third kappa shape index (κ3) is 2.93. The quantitative estimate of drug-likeness (QED) is 0.897. The highest BCUT2D eigenvalue weighted by molar-refractivity contribution is 5.88. The number of hydrogen-bond donors (Lipinski definition) is 2. The lowest BCUT2D eigenvalue weighted by molar-refractivity contribution is -0.137. The van der Waals surface area contributed by atoms with Gasteiger partial charge in [-0.25, -0.2) is 9.97 Å². The lowest BCUT2D eigenvalue weighted by atomic mass is 10.1. The summed E-state index contributed by atoms with van der Waals surface area (Å²) >= 11 is 0. The average Bonchev–Trinajstić information content (AvgIpc) is 2.35. The molecule has 1 aromatic carbocycles. The molecule has 0 unspecified atom stereocenters. The zero-order valence-corrected chi connectivity index (χ0v) is 9.91. The van der Waals surface area contributed by atoms with Crippen molar-refractivity contribution in [3.63, 3.8) is 0 Å². The van der Waals surface area contributed by atoms with E-state index in [1.165, 1.54) is 6.07 Å². The highest BCUT2D eigenvalue weighted by atomic mass is 19.4. The number of aliphatic hydroxyl groups excluding tert-OH is 1. The van der Waals surface area contributed by atoms with Crippen LogP contribution in [0.2, 0.25) is 0 Å². The predicted octanol–water partition coefficient (Wildman–Crippen LogP) is 2.16. The molecule has 102 valence electrons. The number of anilines is 1. The molecular formula is C12H12F3N3O. The molecular weight excluding hydrogens is 259 g/mol. The summed E-state index contributed by atoms with van der Waals surface area (Å²) in [4.78, 5) is 8.08. The molecule has 0 spiro atoms. The highest BCUT2D eigenvalue weighted by Gasteiger charge is 2.30. The Balaban J connectivity index is 2.48. The molecule has 0 bridgehead atoms. The minimum absolute atomic E-state index is 0.00564. The molecule has 3 N–H and O–H groups in total. The Kier molecular flexibility index (Phi) is 3.57. The van der Waals surface area contributed by atoms with Gasteiger partial charge in [-0.05, 0) is 24.6 Å². The van der Waals surface area contributed by atoms with E-state index in [9.17, 15) is 13.2 Å². The normalized spacial score (nSPS) is 12.0. The van der Waals surface area contributed by atoms with Gasteiger partial charge in [0.05, 0.1) is 11.1 Å². The third-order valence-electron chi connectivity index (χ3n) is 2.66. The summed E-state index contributed by atoms with van der Waals surface area (Å²) < 4.78 is 37.8. The first-order valence-electron chi connectivity index (χ1n) is 5.66. The number of aryl methyl sites for hydroxylation is 1. The van der Waals surface area contributed by atoms with E-state index in [-0.39, 0.29) is 17.8 Å². The molecule has 0 aliphatic rings. The molecule has 1 aromatic heterocycles. The van der Waals surface area contributed by atoms with Crippen LogP contribution in [0.15, 0.2) is 18.2 Å². The molecule has 2 rings (SSSR count). The Hall–Kier alpha value is -1.89. The predicted molar refractivity (Wildman–Crippen MR) is 64.4 cm³/mol. The first kappa shape index (κ1) is 13.5. The van der Waals surface area contributed by atoms with Crippen molar-refractivity contribution in [1.82, 2.24) is 9.97 Å². The first-order valence-corrected chi connectivity index (χ1v) is 5.66. The SMILES string of the molecule is Nc1nc(CCCO)nc2ccc(C(F)(F)F)cc12. The fourth-order valence-corrected chi connectivity index (χ4v) is 1.73. The summed E-state index contributed by atoms with van der Waals surface area (Å²) in [5.74, 6) is 0.433. The van der Waals surface area contributed by atoms with E-state index < -0.39 is 11.7 Å². The van der Waals surface area contributed by atoms with Crippen LogP contribution in [-0.4, -0.2) is 21.7 Å². The summed E-state index contributed by atoms with van der Waals surface area (Å²) in [5, 5.41) is 8.91. The van der Waals surface area contributed by atoms with E-state index in [4.69, 9.17) is 10.8 Å². The van der Waals surface area contributed by atoms with Crippen LogP contribution in [0.5, 0.6) is 0 Å². The highest BCUT2D eigenvalue weighted by Crippen LogP contribution is 2.32. The number of hydrogen-bond acceptors (Lipinski definition) is 4. The summed E-state index contributed by atoms with van der Waals surface area (Å²) in [7, 11) is 0. The van der Waals surface area contributed by atoms with Crippen molar-refractivity contribution in [2.75, 3.05) is 12.3 Å². The van der Waals surface area contributed by atoms with Gasteiger partial charge in [0.1, 0.15) is 11.6 Å². The van der Waals surface area contributed by atoms with E-state index in [2.05, 4.69) is 9.97 Å². The Morgan fingerprint density at radius 3 is 2.58 bits per heavy atom. The van der Waals surface area contributed by atoms with Gasteiger partial charge in [0, 0.05) is 18.4 Å². The van der Waals surface area contributed by atoms with E-state index in [1.54, 1.807) is 0 Å². The first-order chi connectivity index (χ1) is 8.91. The van der Waals surface area contributed by atoms with Crippen molar-refractivity contribution in [2.24, 2.45) is 0 Å². The van der Waals surface area contributed by atoms with Crippen LogP contribution in [0.1, 0.15) is 17.8 Å². The van der Waals surface area contributed by atoms with Crippen molar-refractivity contribution < 1.29 is 18.3 Å². The molecule has 0 atom stereocenters. The summed E-state index contributed by atoms with van der Waals surface area (Å²) in [6.07, 6.45) is -3.51. The maximum Gasteiger partial charge on any atom is 0.416 e. The minimum atomic E-state index is -4.42. The third-order valence-corrected chi connectivity index (χ3v) is 2.66. The van der Waals surface area contributed by atoms with Gasteiger partial charge in [-0.15, -0.1) is 0 Å². The Morgan fingerprint density at radius 2 is 1.95 bits per heavy atom. The molecule has 0 aliphatic carbocycles. The topological polar surface area (TPSA) is 72.0 Å². The van der Waals surface area contributed by atoms with Crippen molar-refractivity contribution in [3.05, 3.63) is 29.6 Å². The molecule has 0 saturated carbocycles. The van der Waals surface area contributed by atoms with Crippen molar-refractivity contribution >= 4 is 16.7 Å². The number of aliphatic hydroxyl groups is 1. The maximum atomic E-state index is 12.6. The van der Waals surface area contributed by atoms with Gasteiger partial charge in [0.2, 0.25) is 0 Å². The number of alkyl halides is 3. The number of nitrogen functional groups attached to an aromatic ring is 1. The second-order valence-corrected chi connectivity index (χ2v) is 4.08. The molecule has 7 heteroatoms. The Labute approximate surface area is 107 Å². The van der Waals surface area contributed by atoms with Crippen LogP contribution in [0, 0.1) is 0 Å². The standard InChI is InChI=1S/C12H12F3N3O/c13-12(14,15)7-3-4-9-8(6-7)11(16)18-10(17-9)2-1-5-19/h3-4,6,19H,1-2,5H2,(H2,16,17,18). The molecule has 2 aromatic rings. The van der Waals surface area contributed by atoms with E-state index >= 15 is 0 Å². The number of fused-ring (bicyclic) bond motifs is 1. The van der Waals surface area contributed by atoms with Gasteiger partial charge in [0.15, 0.2) is 0 Å². The number of nitrogens with zero attached hydrogens (tertiary/aromatic N) is 2. The number of nitrogens with two attached hydrogens (primary N) is 1. The Bertz CT molecular complexity index is 599. The van der Waals surface area contributed by atoms with Crippen molar-refractivity contribution in [3.8, 4) is 0 Å². The maximum absolute atomic E-state index is 12.6. The Morgan fingerprint density at radius 1 is 1.21 bits per heavy atom. The van der Waals surface area contributed by atoms with Crippen LogP contribution in [0.4, 0.5) is 19.0 Å². The van der Waals surface area contributed by atoms with Crippen LogP contribution in [-0.2, 0) is 12.6 Å². The molecule has 0 saturated heterocycles. The zero-order valence-electron chi connectivity index (χ0n) is 9.91. The van der Waals surface area contributed by atoms with Crippen LogP contribution in [0.25, 0.3) is 10.9 Å². The number of rotatable bonds is 3. The average molecular weight is 271 g/mol. The van der Waals surface area contributed by atoms with Crippen LogP contribution in [0.3, 0.4) is 0 Å². The molecule has 0 amide bonds. The fraction of sp³-hybridized carbons (Fsp3) is 0.333. The van der Waals surface area contributed by atoms with Gasteiger partial charge in [0.25, 0.3) is 0 Å². The van der Waals surface area contributed by atoms with Gasteiger partial charge in [-0.2, -0.15) is 13.2 Å². The smallest absolute Gasteiger partial charge is 0.396 e. The van der Waals surface area contributed by atoms with Gasteiger partial charge < -0.3 is 10.8 Å². The lowest BCUT2D eigenvalue weighted by Crippen LogP contribution is -2.07. The lowest BCUT2D eigenvalue weighted by Gasteiger charge is -2.09. The fourth-order valence-electron chi connectivity index (χ4n) is 1.73. The second-order valence-electron chi connectivity index (χ2n) is 4.08. The molecule has 0 radical (unpaired) electrons. The largest absolute Gasteiger partial charge is 0.416 e. The second kappa shape index (κ2) is 5.00. The number of benzene rings is 1. The van der Waals surface area contributed by atoms with E-state index in [0.29, 0.717) is 24.2 Å². The van der Waals surface area contributed by atoms with Crippen LogP contribution < -0.4 is 5.73 Å². The monoisotopic (exact) mass is 271 g/mol. The van der Waals surface area contributed by atoms with Gasteiger partial charge in [-0.1, -0.05) is 0 Å². The molecule has 0 aliphatic heterocycles. The summed E-state index contributed by atoms with van der Waals surface area (Å²) in [5.41, 5.74) is 5.25. The molecule has 0 fully saturated rings. The zero-order chi connectivity index (χ0) is 14.0. The molecule has 1 heterocycles. The summed E-state index contributed by atoms with van der Waals surface area (Å²) in [6.45, 7) is -0.00564. The van der Waals surface area contributed by atoms with Gasteiger partial charge >= 0.3 is 6.18 Å². The van der Waals surface area contributed by atoms with E-state index in [0.717, 1.165) is 12.1 Å². The number of halogens is 3. The van der Waals surface area contributed by atoms with Gasteiger partial charge in [-0.3, -0.25) is 0 Å². The summed E-state index contributed by atoms with van der Waals surface area (Å²) in [6, 6.07) is 3.18. The molecule has 19 heavy (non-hydrogen) atoms. The minimum Gasteiger partial charge on any atom is -0.396 e. The van der Waals surface area contributed by atoms with Crippen molar-refractivity contribution in [2.45, 2.75) is 19.0 Å². The molecule has 4 nitrogen and oxygen atoms in total. The number of aromatic nitrogens is 2. The van der Waals surface area contributed by atoms with Crippen LogP contribution >= 0.6 is 0 Å².